The summed E-state index contributed by atoms with van der Waals surface area (Å²) in [6.45, 7) is 0.932. The Morgan fingerprint density at radius 1 is 1.09 bits per heavy atom. The third-order valence-corrected chi connectivity index (χ3v) is 5.41. The van der Waals surface area contributed by atoms with Crippen LogP contribution in [0.25, 0.3) is 22.8 Å². The molecule has 0 atom stereocenters. The number of carbonyl (C=O) groups excluding carboxylic acids is 2. The van der Waals surface area contributed by atoms with Crippen molar-refractivity contribution < 1.29 is 19.1 Å². The molecule has 0 bridgehead atoms. The normalized spacial score (nSPS) is 12.4. The molecule has 0 saturated carbocycles. The summed E-state index contributed by atoms with van der Waals surface area (Å²) < 4.78 is 12.8. The lowest BCUT2D eigenvalue weighted by molar-refractivity contribution is -0.118. The molecule has 10 heteroatoms. The van der Waals surface area contributed by atoms with E-state index in [1.165, 1.54) is 0 Å². The van der Waals surface area contributed by atoms with E-state index < -0.39 is 0 Å². The lowest BCUT2D eigenvalue weighted by Crippen LogP contribution is -2.35. The van der Waals surface area contributed by atoms with Crippen molar-refractivity contribution in [2.75, 3.05) is 25.6 Å². The molecule has 0 fully saturated rings. The first-order valence-electron chi connectivity index (χ1n) is 11.0. The molecule has 3 heterocycles. The van der Waals surface area contributed by atoms with Crippen LogP contribution in [0.4, 0.5) is 5.69 Å². The van der Waals surface area contributed by atoms with Gasteiger partial charge in [-0.25, -0.2) is 9.97 Å². The Balaban J connectivity index is 1.35. The number of nitrogens with zero attached hydrogens (tertiary/aromatic N) is 4. The molecule has 176 valence electrons. The minimum absolute atomic E-state index is 0.158. The third kappa shape index (κ3) is 4.67. The van der Waals surface area contributed by atoms with E-state index in [-0.39, 0.29) is 18.4 Å². The van der Waals surface area contributed by atoms with Crippen molar-refractivity contribution >= 4 is 17.5 Å². The van der Waals surface area contributed by atoms with Crippen LogP contribution in [0.3, 0.4) is 0 Å². The van der Waals surface area contributed by atoms with Gasteiger partial charge in [-0.05, 0) is 36.4 Å². The Morgan fingerprint density at radius 2 is 1.89 bits per heavy atom. The van der Waals surface area contributed by atoms with Crippen molar-refractivity contribution in [1.82, 2.24) is 25.1 Å². The van der Waals surface area contributed by atoms with E-state index in [9.17, 15) is 9.59 Å². The number of benzene rings is 2. The second-order valence-electron chi connectivity index (χ2n) is 7.69. The highest BCUT2D eigenvalue weighted by molar-refractivity contribution is 5.94. The summed E-state index contributed by atoms with van der Waals surface area (Å²) in [6, 6.07) is 17.8. The Bertz CT molecular complexity index is 1400. The second-order valence-corrected chi connectivity index (χ2v) is 7.69. The van der Waals surface area contributed by atoms with Gasteiger partial charge in [0, 0.05) is 12.7 Å². The number of nitrogens with one attached hydrogen (secondary N) is 2. The molecule has 2 aromatic heterocycles. The molecule has 0 unspecified atom stereocenters. The first-order valence-corrected chi connectivity index (χ1v) is 11.0. The van der Waals surface area contributed by atoms with Gasteiger partial charge < -0.3 is 20.1 Å². The summed E-state index contributed by atoms with van der Waals surface area (Å²) in [6.07, 6.45) is 1.63. The van der Waals surface area contributed by atoms with Crippen LogP contribution in [0, 0.1) is 0 Å². The zero-order valence-corrected chi connectivity index (χ0v) is 18.9. The molecule has 0 radical (unpaired) electrons. The van der Waals surface area contributed by atoms with Crippen molar-refractivity contribution in [1.29, 1.82) is 0 Å². The van der Waals surface area contributed by atoms with Crippen LogP contribution in [0.1, 0.15) is 10.5 Å². The van der Waals surface area contributed by atoms with Gasteiger partial charge in [-0.15, -0.1) is 0 Å². The van der Waals surface area contributed by atoms with E-state index >= 15 is 0 Å². The number of aromatic nitrogens is 4. The largest absolute Gasteiger partial charge is 0.495 e. The van der Waals surface area contributed by atoms with Crippen LogP contribution in [0.15, 0.2) is 66.9 Å². The minimum atomic E-state index is -0.333. The summed E-state index contributed by atoms with van der Waals surface area (Å²) in [5.74, 6) is 0.946. The molecule has 1 aliphatic rings. The average molecular weight is 470 g/mol. The van der Waals surface area contributed by atoms with Crippen LogP contribution in [0.5, 0.6) is 11.5 Å². The molecule has 2 amide bonds. The van der Waals surface area contributed by atoms with Gasteiger partial charge in [-0.3, -0.25) is 14.3 Å². The topological polar surface area (TPSA) is 120 Å². The number of anilines is 1. The monoisotopic (exact) mass is 470 g/mol. The third-order valence-electron chi connectivity index (χ3n) is 5.41. The number of methoxy groups -OCH3 is 1. The maximum atomic E-state index is 12.5. The molecule has 5 rings (SSSR count). The number of ether oxygens (including phenoxy) is 2. The van der Waals surface area contributed by atoms with Gasteiger partial charge in [0.25, 0.3) is 11.8 Å². The van der Waals surface area contributed by atoms with Crippen molar-refractivity contribution in [3.05, 3.63) is 72.6 Å². The Morgan fingerprint density at radius 3 is 2.71 bits per heavy atom. The SMILES string of the molecule is COc1ccccc1NC(=O)COc1ccccc1-c1nccc(-c2cc3n(n2)CCNC3=O)n1. The highest BCUT2D eigenvalue weighted by atomic mass is 16.5. The molecular formula is C25H22N6O4. The fourth-order valence-corrected chi connectivity index (χ4v) is 3.75. The Kier molecular flexibility index (Phi) is 6.08. The fraction of sp³-hybridized carbons (Fsp3) is 0.160. The fourth-order valence-electron chi connectivity index (χ4n) is 3.75. The van der Waals surface area contributed by atoms with Crippen molar-refractivity contribution in [2.24, 2.45) is 0 Å². The number of amides is 2. The first-order chi connectivity index (χ1) is 17.1. The molecular weight excluding hydrogens is 448 g/mol. The number of hydrogen-bond donors (Lipinski definition) is 2. The highest BCUT2D eigenvalue weighted by Crippen LogP contribution is 2.29. The lowest BCUT2D eigenvalue weighted by Gasteiger charge is -2.13. The standard InChI is InChI=1S/C25H22N6O4/c1-34-22-9-5-3-7-18(22)28-23(32)15-35-21-8-4-2-6-16(21)24-26-11-10-17(29-24)19-14-20-25(33)27-12-13-31(20)30-19/h2-11,14H,12-13,15H2,1H3,(H,27,33)(H,28,32). The molecule has 2 N–H and O–H groups in total. The molecule has 0 aliphatic carbocycles. The van der Waals surface area contributed by atoms with Crippen LogP contribution in [-0.2, 0) is 11.3 Å². The highest BCUT2D eigenvalue weighted by Gasteiger charge is 2.21. The van der Waals surface area contributed by atoms with Gasteiger partial charge in [0.05, 0.1) is 30.6 Å². The van der Waals surface area contributed by atoms with E-state index in [2.05, 4.69) is 25.7 Å². The average Bonchev–Trinajstić information content (AvgIpc) is 3.34. The minimum Gasteiger partial charge on any atom is -0.495 e. The van der Waals surface area contributed by atoms with E-state index in [0.29, 0.717) is 58.7 Å². The molecule has 1 aliphatic heterocycles. The zero-order valence-electron chi connectivity index (χ0n) is 18.9. The number of para-hydroxylation sites is 3. The van der Waals surface area contributed by atoms with E-state index in [4.69, 9.17) is 9.47 Å². The smallest absolute Gasteiger partial charge is 0.269 e. The zero-order chi connectivity index (χ0) is 24.2. The Hall–Kier alpha value is -4.73. The Labute approximate surface area is 200 Å². The predicted octanol–water partition coefficient (Wildman–Crippen LogP) is 2.78. The summed E-state index contributed by atoms with van der Waals surface area (Å²) in [5.41, 5.74) is 2.84. The maximum Gasteiger partial charge on any atom is 0.269 e. The van der Waals surface area contributed by atoms with Crippen LogP contribution in [-0.4, -0.2) is 51.8 Å². The van der Waals surface area contributed by atoms with E-state index in [1.807, 2.05) is 30.3 Å². The summed E-state index contributed by atoms with van der Waals surface area (Å²) >= 11 is 0. The second kappa shape index (κ2) is 9.64. The van der Waals surface area contributed by atoms with Crippen molar-refractivity contribution in [3.8, 4) is 34.3 Å². The van der Waals surface area contributed by atoms with Gasteiger partial charge in [0.1, 0.15) is 22.9 Å². The summed E-state index contributed by atoms with van der Waals surface area (Å²) in [4.78, 5) is 33.6. The van der Waals surface area contributed by atoms with Gasteiger partial charge in [-0.1, -0.05) is 24.3 Å². The number of fused-ring (bicyclic) bond motifs is 1. The van der Waals surface area contributed by atoms with Gasteiger partial charge in [0.2, 0.25) is 0 Å². The molecule has 4 aromatic rings. The summed E-state index contributed by atoms with van der Waals surface area (Å²) in [5, 5.41) is 10.1. The van der Waals surface area contributed by atoms with E-state index in [0.717, 1.165) is 0 Å². The van der Waals surface area contributed by atoms with Gasteiger partial charge in [-0.2, -0.15) is 5.10 Å². The maximum absolute atomic E-state index is 12.5. The predicted molar refractivity (Wildman–Crippen MR) is 128 cm³/mol. The molecule has 2 aromatic carbocycles. The number of carbonyl (C=O) groups is 2. The van der Waals surface area contributed by atoms with Crippen LogP contribution >= 0.6 is 0 Å². The van der Waals surface area contributed by atoms with Crippen LogP contribution < -0.4 is 20.1 Å². The molecule has 10 nitrogen and oxygen atoms in total. The lowest BCUT2D eigenvalue weighted by atomic mass is 10.1. The van der Waals surface area contributed by atoms with Gasteiger partial charge >= 0.3 is 0 Å². The number of rotatable bonds is 7. The number of hydrogen-bond acceptors (Lipinski definition) is 7. The van der Waals surface area contributed by atoms with Crippen LogP contribution in [0.2, 0.25) is 0 Å². The first kappa shape index (κ1) is 22.1. The van der Waals surface area contributed by atoms with Gasteiger partial charge in [0.15, 0.2) is 12.4 Å². The van der Waals surface area contributed by atoms with Crippen molar-refractivity contribution in [2.45, 2.75) is 6.54 Å². The quantitative estimate of drug-likeness (QED) is 0.426. The van der Waals surface area contributed by atoms with E-state index in [1.54, 1.807) is 48.3 Å². The molecule has 35 heavy (non-hydrogen) atoms. The molecule has 0 saturated heterocycles. The molecule has 0 spiro atoms. The van der Waals surface area contributed by atoms with Crippen molar-refractivity contribution in [3.63, 3.8) is 0 Å². The summed E-state index contributed by atoms with van der Waals surface area (Å²) in [7, 11) is 1.54.